The summed E-state index contributed by atoms with van der Waals surface area (Å²) in [6.45, 7) is 3.56. The van der Waals surface area contributed by atoms with Crippen LogP contribution in [-0.2, 0) is 17.3 Å². The molecule has 19 heavy (non-hydrogen) atoms. The molecule has 102 valence electrons. The highest BCUT2D eigenvalue weighted by Crippen LogP contribution is 2.08. The molecular formula is C14H19N3OS. The van der Waals surface area contributed by atoms with Crippen molar-refractivity contribution in [3.05, 3.63) is 48.5 Å². The Balaban J connectivity index is 1.81. The number of hydrogen-bond acceptors (Lipinski definition) is 3. The molecule has 0 saturated heterocycles. The molecule has 0 fully saturated rings. The smallest absolute Gasteiger partial charge is 0.0991 e. The van der Waals surface area contributed by atoms with E-state index in [9.17, 15) is 4.21 Å². The largest absolute Gasteiger partial charge is 0.312 e. The molecule has 1 N–H and O–H groups in total. The summed E-state index contributed by atoms with van der Waals surface area (Å²) in [4.78, 5) is 4.03. The van der Waals surface area contributed by atoms with Crippen LogP contribution in [0.5, 0.6) is 0 Å². The van der Waals surface area contributed by atoms with Crippen molar-refractivity contribution >= 4 is 10.8 Å². The van der Waals surface area contributed by atoms with Gasteiger partial charge < -0.3 is 9.88 Å². The van der Waals surface area contributed by atoms with E-state index in [4.69, 9.17) is 0 Å². The van der Waals surface area contributed by atoms with Gasteiger partial charge >= 0.3 is 0 Å². The highest BCUT2D eigenvalue weighted by molar-refractivity contribution is 7.84. The van der Waals surface area contributed by atoms with E-state index < -0.39 is 10.8 Å². The fourth-order valence-electron chi connectivity index (χ4n) is 1.76. The maximum absolute atomic E-state index is 11.3. The fourth-order valence-corrected chi connectivity index (χ4v) is 2.42. The van der Waals surface area contributed by atoms with Crippen molar-refractivity contribution in [1.82, 2.24) is 14.9 Å². The molecule has 0 aliphatic rings. The van der Waals surface area contributed by atoms with Gasteiger partial charge in [-0.25, -0.2) is 4.98 Å². The lowest BCUT2D eigenvalue weighted by Crippen LogP contribution is -2.20. The molecule has 4 nitrogen and oxygen atoms in total. The summed E-state index contributed by atoms with van der Waals surface area (Å²) in [5.74, 6) is 1.46. The second kappa shape index (κ2) is 7.21. The Morgan fingerprint density at radius 3 is 2.74 bits per heavy atom. The first kappa shape index (κ1) is 14.0. The zero-order valence-corrected chi connectivity index (χ0v) is 11.9. The number of nitrogens with zero attached hydrogens (tertiary/aromatic N) is 2. The number of benzene rings is 1. The van der Waals surface area contributed by atoms with E-state index in [0.29, 0.717) is 0 Å². The Kier molecular flexibility index (Phi) is 5.30. The SMILES string of the molecule is CCS(=O)CCNCc1ccc(-n2ccnc2)cc1. The zero-order chi connectivity index (χ0) is 13.5. The number of imidazole rings is 1. The van der Waals surface area contributed by atoms with Crippen LogP contribution in [-0.4, -0.2) is 31.8 Å². The summed E-state index contributed by atoms with van der Waals surface area (Å²) in [6, 6.07) is 8.34. The molecule has 0 aliphatic heterocycles. The first-order valence-corrected chi connectivity index (χ1v) is 7.91. The number of nitrogens with one attached hydrogen (secondary N) is 1. The molecule has 0 saturated carbocycles. The first-order valence-electron chi connectivity index (χ1n) is 6.42. The molecule has 1 aromatic carbocycles. The van der Waals surface area contributed by atoms with Gasteiger partial charge in [0.1, 0.15) is 0 Å². The molecule has 0 amide bonds. The predicted molar refractivity (Wildman–Crippen MR) is 78.8 cm³/mol. The zero-order valence-electron chi connectivity index (χ0n) is 11.1. The van der Waals surface area contributed by atoms with Crippen LogP contribution in [0, 0.1) is 0 Å². The van der Waals surface area contributed by atoms with Crippen LogP contribution in [0.25, 0.3) is 5.69 Å². The highest BCUT2D eigenvalue weighted by atomic mass is 32.2. The molecule has 0 radical (unpaired) electrons. The summed E-state index contributed by atoms with van der Waals surface area (Å²) < 4.78 is 13.2. The molecule has 1 atom stereocenters. The van der Waals surface area contributed by atoms with Crippen LogP contribution < -0.4 is 5.32 Å². The lowest BCUT2D eigenvalue weighted by molar-refractivity contribution is 0.674. The predicted octanol–water partition coefficient (Wildman–Crippen LogP) is 1.73. The normalized spacial score (nSPS) is 12.5. The van der Waals surface area contributed by atoms with E-state index in [1.165, 1.54) is 5.56 Å². The Morgan fingerprint density at radius 2 is 2.11 bits per heavy atom. The third kappa shape index (κ3) is 4.29. The van der Waals surface area contributed by atoms with E-state index in [0.717, 1.165) is 30.3 Å². The minimum atomic E-state index is -0.682. The van der Waals surface area contributed by atoms with E-state index in [1.54, 1.807) is 12.5 Å². The van der Waals surface area contributed by atoms with Crippen LogP contribution in [0.4, 0.5) is 0 Å². The van der Waals surface area contributed by atoms with Crippen LogP contribution in [0.15, 0.2) is 43.0 Å². The van der Waals surface area contributed by atoms with Crippen molar-refractivity contribution in [2.75, 3.05) is 18.1 Å². The van der Waals surface area contributed by atoms with Crippen LogP contribution in [0.1, 0.15) is 12.5 Å². The molecule has 1 unspecified atom stereocenters. The topological polar surface area (TPSA) is 46.9 Å². The first-order chi connectivity index (χ1) is 9.29. The fraction of sp³-hybridized carbons (Fsp3) is 0.357. The van der Waals surface area contributed by atoms with Crippen molar-refractivity contribution in [3.63, 3.8) is 0 Å². The molecule has 2 rings (SSSR count). The summed E-state index contributed by atoms with van der Waals surface area (Å²) in [7, 11) is -0.682. The van der Waals surface area contributed by atoms with Crippen molar-refractivity contribution in [2.24, 2.45) is 0 Å². The van der Waals surface area contributed by atoms with Gasteiger partial charge in [0.25, 0.3) is 0 Å². The molecular weight excluding hydrogens is 258 g/mol. The van der Waals surface area contributed by atoms with E-state index in [-0.39, 0.29) is 0 Å². The van der Waals surface area contributed by atoms with Gasteiger partial charge in [-0.2, -0.15) is 0 Å². The Labute approximate surface area is 116 Å². The Morgan fingerprint density at radius 1 is 1.32 bits per heavy atom. The minimum Gasteiger partial charge on any atom is -0.312 e. The lowest BCUT2D eigenvalue weighted by Gasteiger charge is -2.06. The standard InChI is InChI=1S/C14H19N3OS/c1-2-19(18)10-8-15-11-13-3-5-14(6-4-13)17-9-7-16-12-17/h3-7,9,12,15H,2,8,10-11H2,1H3. The Hall–Kier alpha value is -1.46. The van der Waals surface area contributed by atoms with Crippen molar-refractivity contribution in [3.8, 4) is 5.69 Å². The second-order valence-corrected chi connectivity index (χ2v) is 6.11. The van der Waals surface area contributed by atoms with Crippen molar-refractivity contribution in [1.29, 1.82) is 0 Å². The van der Waals surface area contributed by atoms with Gasteiger partial charge in [0.15, 0.2) is 0 Å². The number of aromatic nitrogens is 2. The average molecular weight is 277 g/mol. The molecule has 5 heteroatoms. The van der Waals surface area contributed by atoms with Gasteiger partial charge in [0.05, 0.1) is 6.33 Å². The van der Waals surface area contributed by atoms with Crippen LogP contribution in [0.3, 0.4) is 0 Å². The second-order valence-electron chi connectivity index (χ2n) is 4.25. The summed E-state index contributed by atoms with van der Waals surface area (Å²) in [5, 5.41) is 3.31. The van der Waals surface area contributed by atoms with Crippen molar-refractivity contribution < 1.29 is 4.21 Å². The van der Waals surface area contributed by atoms with Crippen molar-refractivity contribution in [2.45, 2.75) is 13.5 Å². The summed E-state index contributed by atoms with van der Waals surface area (Å²) in [5.41, 5.74) is 2.33. The van der Waals surface area contributed by atoms with Gasteiger partial charge in [-0.1, -0.05) is 19.1 Å². The minimum absolute atomic E-state index is 0.682. The van der Waals surface area contributed by atoms with E-state index in [2.05, 4.69) is 34.6 Å². The molecule has 2 aromatic rings. The van der Waals surface area contributed by atoms with Crippen LogP contribution in [0.2, 0.25) is 0 Å². The van der Waals surface area contributed by atoms with Gasteiger partial charge in [-0.15, -0.1) is 0 Å². The summed E-state index contributed by atoms with van der Waals surface area (Å²) >= 11 is 0. The van der Waals surface area contributed by atoms with E-state index in [1.807, 2.05) is 17.7 Å². The van der Waals surface area contributed by atoms with Gasteiger partial charge in [-0.05, 0) is 17.7 Å². The Bertz CT molecular complexity index is 508. The average Bonchev–Trinajstić information content (AvgIpc) is 2.98. The molecule has 0 bridgehead atoms. The number of hydrogen-bond donors (Lipinski definition) is 1. The van der Waals surface area contributed by atoms with Gasteiger partial charge in [0, 0.05) is 53.5 Å². The monoisotopic (exact) mass is 277 g/mol. The maximum atomic E-state index is 11.3. The quantitative estimate of drug-likeness (QED) is 0.784. The third-order valence-corrected chi connectivity index (χ3v) is 4.20. The maximum Gasteiger partial charge on any atom is 0.0991 e. The number of rotatable bonds is 7. The third-order valence-electron chi connectivity index (χ3n) is 2.90. The molecule has 0 aliphatic carbocycles. The molecule has 1 aromatic heterocycles. The van der Waals surface area contributed by atoms with E-state index >= 15 is 0 Å². The highest BCUT2D eigenvalue weighted by Gasteiger charge is 1.98. The summed E-state index contributed by atoms with van der Waals surface area (Å²) in [6.07, 6.45) is 5.48. The molecule has 1 heterocycles. The molecule has 0 spiro atoms. The van der Waals surface area contributed by atoms with Gasteiger partial charge in [0.2, 0.25) is 0 Å². The van der Waals surface area contributed by atoms with Crippen LogP contribution >= 0.6 is 0 Å². The van der Waals surface area contributed by atoms with Gasteiger partial charge in [-0.3, -0.25) is 4.21 Å². The lowest BCUT2D eigenvalue weighted by atomic mass is 10.2.